The summed E-state index contributed by atoms with van der Waals surface area (Å²) in [4.78, 5) is 4.48. The van der Waals surface area contributed by atoms with Crippen molar-refractivity contribution in [2.75, 3.05) is 0 Å². The quantitative estimate of drug-likeness (QED) is 0.902. The van der Waals surface area contributed by atoms with Crippen LogP contribution in [0.25, 0.3) is 0 Å². The molecule has 19 heavy (non-hydrogen) atoms. The minimum atomic E-state index is 0.651. The number of aryl methyl sites for hydroxylation is 1. The summed E-state index contributed by atoms with van der Waals surface area (Å²) < 4.78 is 1.16. The molecular weight excluding hydrogens is 320 g/mol. The Bertz CT molecular complexity index is 544. The lowest BCUT2D eigenvalue weighted by molar-refractivity contribution is 0.289. The molecule has 1 aromatic carbocycles. The molecule has 0 saturated heterocycles. The van der Waals surface area contributed by atoms with Crippen molar-refractivity contribution in [2.45, 2.75) is 38.3 Å². The average Bonchev–Trinajstić information content (AvgIpc) is 2.75. The van der Waals surface area contributed by atoms with Gasteiger partial charge in [0.1, 0.15) is 5.01 Å². The molecule has 1 heterocycles. The fourth-order valence-corrected chi connectivity index (χ4v) is 3.49. The summed E-state index contributed by atoms with van der Waals surface area (Å²) in [6.07, 6.45) is 2.48. The second kappa shape index (κ2) is 5.73. The van der Waals surface area contributed by atoms with Gasteiger partial charge >= 0.3 is 0 Å². The lowest BCUT2D eigenvalue weighted by atomic mass is 9.76. The fraction of sp³-hybridized carbons (Fsp3) is 0.400. The molecule has 2 aromatic rings. The molecule has 1 saturated carbocycles. The molecule has 2 nitrogen and oxygen atoms in total. The zero-order valence-electron chi connectivity index (χ0n) is 10.9. The van der Waals surface area contributed by atoms with Gasteiger partial charge < -0.3 is 5.32 Å². The number of hydrogen-bond acceptors (Lipinski definition) is 3. The molecule has 0 atom stereocenters. The standard InChI is InChI=1S/C15H17BrN2S/c1-10-9-19-15(18-10)8-17-14-6-12(7-14)11-2-4-13(16)5-3-11/h2-5,9,12,14,17H,6-8H2,1H3. The lowest BCUT2D eigenvalue weighted by Gasteiger charge is -2.36. The van der Waals surface area contributed by atoms with E-state index >= 15 is 0 Å². The van der Waals surface area contributed by atoms with E-state index in [9.17, 15) is 0 Å². The van der Waals surface area contributed by atoms with Gasteiger partial charge in [-0.15, -0.1) is 11.3 Å². The van der Waals surface area contributed by atoms with E-state index in [2.05, 4.69) is 55.9 Å². The highest BCUT2D eigenvalue weighted by Crippen LogP contribution is 2.37. The Labute approximate surface area is 126 Å². The van der Waals surface area contributed by atoms with E-state index < -0.39 is 0 Å². The summed E-state index contributed by atoms with van der Waals surface area (Å²) in [5, 5.41) is 6.91. The minimum Gasteiger partial charge on any atom is -0.308 e. The van der Waals surface area contributed by atoms with Gasteiger partial charge in [0.2, 0.25) is 0 Å². The number of nitrogens with zero attached hydrogens (tertiary/aromatic N) is 1. The molecular formula is C15H17BrN2S. The zero-order chi connectivity index (χ0) is 13.2. The van der Waals surface area contributed by atoms with Gasteiger partial charge in [-0.05, 0) is 43.4 Å². The van der Waals surface area contributed by atoms with E-state index in [0.717, 1.165) is 22.6 Å². The van der Waals surface area contributed by atoms with Gasteiger partial charge in [-0.25, -0.2) is 4.98 Å². The predicted octanol–water partition coefficient (Wildman–Crippen LogP) is 4.25. The number of hydrogen-bond donors (Lipinski definition) is 1. The van der Waals surface area contributed by atoms with Crippen LogP contribution in [0.1, 0.15) is 35.0 Å². The van der Waals surface area contributed by atoms with Crippen LogP contribution in [-0.2, 0) is 6.54 Å². The molecule has 0 radical (unpaired) electrons. The fourth-order valence-electron chi connectivity index (χ4n) is 2.51. The Hall–Kier alpha value is -0.710. The van der Waals surface area contributed by atoms with Crippen LogP contribution < -0.4 is 5.32 Å². The van der Waals surface area contributed by atoms with Crippen LogP contribution >= 0.6 is 27.3 Å². The van der Waals surface area contributed by atoms with Gasteiger partial charge in [0.25, 0.3) is 0 Å². The first-order chi connectivity index (χ1) is 9.20. The van der Waals surface area contributed by atoms with Crippen molar-refractivity contribution in [1.29, 1.82) is 0 Å². The van der Waals surface area contributed by atoms with Crippen molar-refractivity contribution >= 4 is 27.3 Å². The topological polar surface area (TPSA) is 24.9 Å². The Kier molecular flexibility index (Phi) is 4.01. The Morgan fingerprint density at radius 2 is 2.05 bits per heavy atom. The van der Waals surface area contributed by atoms with Gasteiger partial charge in [-0.1, -0.05) is 28.1 Å². The Balaban J connectivity index is 1.46. The number of benzene rings is 1. The highest BCUT2D eigenvalue weighted by molar-refractivity contribution is 9.10. The maximum Gasteiger partial charge on any atom is 0.107 e. The molecule has 1 aromatic heterocycles. The van der Waals surface area contributed by atoms with Crippen LogP contribution in [0, 0.1) is 6.92 Å². The highest BCUT2D eigenvalue weighted by atomic mass is 79.9. The average molecular weight is 337 g/mol. The molecule has 3 rings (SSSR count). The summed E-state index contributed by atoms with van der Waals surface area (Å²) >= 11 is 5.23. The van der Waals surface area contributed by atoms with Crippen molar-refractivity contribution < 1.29 is 0 Å². The second-order valence-corrected chi connectivity index (χ2v) is 7.04. The summed E-state index contributed by atoms with van der Waals surface area (Å²) in [6.45, 7) is 2.96. The third-order valence-electron chi connectivity index (χ3n) is 3.69. The van der Waals surface area contributed by atoms with Crippen LogP contribution in [0.4, 0.5) is 0 Å². The van der Waals surface area contributed by atoms with Crippen LogP contribution in [0.2, 0.25) is 0 Å². The molecule has 1 aliphatic carbocycles. The molecule has 1 fully saturated rings. The van der Waals surface area contributed by atoms with Crippen molar-refractivity contribution in [3.63, 3.8) is 0 Å². The van der Waals surface area contributed by atoms with E-state index in [1.807, 2.05) is 6.92 Å². The van der Waals surface area contributed by atoms with Crippen LogP contribution in [0.15, 0.2) is 34.1 Å². The van der Waals surface area contributed by atoms with Gasteiger partial charge in [0.15, 0.2) is 0 Å². The molecule has 100 valence electrons. The first kappa shape index (κ1) is 13.3. The number of halogens is 1. The Morgan fingerprint density at radius 3 is 2.68 bits per heavy atom. The molecule has 0 aliphatic heterocycles. The van der Waals surface area contributed by atoms with Gasteiger partial charge in [-0.3, -0.25) is 0 Å². The molecule has 1 N–H and O–H groups in total. The Morgan fingerprint density at radius 1 is 1.32 bits per heavy atom. The molecule has 1 aliphatic rings. The first-order valence-electron chi connectivity index (χ1n) is 6.60. The van der Waals surface area contributed by atoms with Crippen molar-refractivity contribution in [3.05, 3.63) is 50.4 Å². The number of thiazole rings is 1. The third-order valence-corrected chi connectivity index (χ3v) is 5.18. The maximum atomic E-state index is 4.48. The third kappa shape index (κ3) is 3.25. The van der Waals surface area contributed by atoms with E-state index in [4.69, 9.17) is 0 Å². The summed E-state index contributed by atoms with van der Waals surface area (Å²) in [7, 11) is 0. The summed E-state index contributed by atoms with van der Waals surface area (Å²) in [5.41, 5.74) is 2.59. The van der Waals surface area contributed by atoms with Crippen molar-refractivity contribution in [2.24, 2.45) is 0 Å². The second-order valence-electron chi connectivity index (χ2n) is 5.18. The number of aromatic nitrogens is 1. The van der Waals surface area contributed by atoms with Crippen molar-refractivity contribution in [1.82, 2.24) is 10.3 Å². The van der Waals surface area contributed by atoms with Crippen molar-refractivity contribution in [3.8, 4) is 0 Å². The SMILES string of the molecule is Cc1csc(CNC2CC(c3ccc(Br)cc3)C2)n1. The van der Waals surface area contributed by atoms with Gasteiger partial charge in [0.05, 0.1) is 0 Å². The van der Waals surface area contributed by atoms with Gasteiger partial charge in [-0.2, -0.15) is 0 Å². The van der Waals surface area contributed by atoms with Crippen LogP contribution in [-0.4, -0.2) is 11.0 Å². The zero-order valence-corrected chi connectivity index (χ0v) is 13.3. The van der Waals surface area contributed by atoms with E-state index in [1.165, 1.54) is 23.4 Å². The molecule has 0 unspecified atom stereocenters. The maximum absolute atomic E-state index is 4.48. The monoisotopic (exact) mass is 336 g/mol. The van der Waals surface area contributed by atoms with E-state index in [-0.39, 0.29) is 0 Å². The predicted molar refractivity (Wildman–Crippen MR) is 83.6 cm³/mol. The molecule has 0 amide bonds. The minimum absolute atomic E-state index is 0.651. The first-order valence-corrected chi connectivity index (χ1v) is 8.28. The molecule has 0 bridgehead atoms. The number of nitrogens with one attached hydrogen (secondary N) is 1. The van der Waals surface area contributed by atoms with Gasteiger partial charge in [0, 0.05) is 28.1 Å². The largest absolute Gasteiger partial charge is 0.308 e. The van der Waals surface area contributed by atoms with Crippen LogP contribution in [0.3, 0.4) is 0 Å². The molecule has 0 spiro atoms. The summed E-state index contributed by atoms with van der Waals surface area (Å²) in [5.74, 6) is 0.726. The van der Waals surface area contributed by atoms with Crippen LogP contribution in [0.5, 0.6) is 0 Å². The van der Waals surface area contributed by atoms with E-state index in [0.29, 0.717) is 6.04 Å². The summed E-state index contributed by atoms with van der Waals surface area (Å²) in [6, 6.07) is 9.38. The molecule has 4 heteroatoms. The normalized spacial score (nSPS) is 22.2. The lowest BCUT2D eigenvalue weighted by Crippen LogP contribution is -2.39. The number of rotatable bonds is 4. The smallest absolute Gasteiger partial charge is 0.107 e. The highest BCUT2D eigenvalue weighted by Gasteiger charge is 2.29. The van der Waals surface area contributed by atoms with E-state index in [1.54, 1.807) is 11.3 Å².